The van der Waals surface area contributed by atoms with Gasteiger partial charge >= 0.3 is 0 Å². The Morgan fingerprint density at radius 3 is 2.19 bits per heavy atom. The fraction of sp³-hybridized carbons (Fsp3) is 0.316. The maximum atomic E-state index is 14.7. The van der Waals surface area contributed by atoms with Gasteiger partial charge in [0, 0.05) is 25.1 Å². The van der Waals surface area contributed by atoms with E-state index >= 15 is 0 Å². The first-order valence-electron chi connectivity index (χ1n) is 16.1. The Balaban J connectivity index is 1.58. The van der Waals surface area contributed by atoms with Crippen LogP contribution in [0.15, 0.2) is 108 Å². The minimum atomic E-state index is -4.20. The highest BCUT2D eigenvalue weighted by Gasteiger charge is 2.35. The molecule has 8 nitrogen and oxygen atoms in total. The lowest BCUT2D eigenvalue weighted by atomic mass is 10.0. The minimum Gasteiger partial charge on any atom is -0.497 e. The SMILES string of the molecule is COc1cccc(N(CC(=O)N(Cc2cccc(C)c2)[C@@H](Cc2ccccc2)C(=O)NC2CCCC2)S(=O)(=O)c2ccc(C)cc2)c1. The highest BCUT2D eigenvalue weighted by molar-refractivity contribution is 7.92. The largest absolute Gasteiger partial charge is 0.497 e. The first kappa shape index (κ1) is 33.7. The summed E-state index contributed by atoms with van der Waals surface area (Å²) in [5.74, 6) is -0.280. The van der Waals surface area contributed by atoms with Crippen LogP contribution in [0.3, 0.4) is 0 Å². The van der Waals surface area contributed by atoms with E-state index in [1.165, 1.54) is 7.11 Å². The van der Waals surface area contributed by atoms with Crippen LogP contribution in [0.5, 0.6) is 5.75 Å². The zero-order chi connectivity index (χ0) is 33.4. The number of nitrogens with zero attached hydrogens (tertiary/aromatic N) is 2. The van der Waals surface area contributed by atoms with Gasteiger partial charge in [0.1, 0.15) is 18.3 Å². The number of rotatable bonds is 13. The van der Waals surface area contributed by atoms with Gasteiger partial charge in [-0.1, -0.05) is 96.8 Å². The second-order valence-corrected chi connectivity index (χ2v) is 14.1. The molecule has 2 amide bonds. The van der Waals surface area contributed by atoms with Gasteiger partial charge in [-0.25, -0.2) is 8.42 Å². The summed E-state index contributed by atoms with van der Waals surface area (Å²) in [5.41, 5.74) is 3.96. The number of hydrogen-bond donors (Lipinski definition) is 1. The van der Waals surface area contributed by atoms with Crippen LogP contribution in [0.4, 0.5) is 5.69 Å². The third-order valence-electron chi connectivity index (χ3n) is 8.64. The normalized spacial score (nSPS) is 13.9. The molecule has 0 saturated heterocycles. The molecule has 1 aliphatic carbocycles. The zero-order valence-corrected chi connectivity index (χ0v) is 28.1. The van der Waals surface area contributed by atoms with E-state index < -0.39 is 28.5 Å². The third kappa shape index (κ3) is 8.60. The van der Waals surface area contributed by atoms with Crippen LogP contribution < -0.4 is 14.4 Å². The summed E-state index contributed by atoms with van der Waals surface area (Å²) < 4.78 is 35.1. The van der Waals surface area contributed by atoms with Crippen LogP contribution in [0.1, 0.15) is 47.9 Å². The average Bonchev–Trinajstić information content (AvgIpc) is 3.59. The molecule has 4 aromatic carbocycles. The lowest BCUT2D eigenvalue weighted by Crippen LogP contribution is -2.54. The standard InChI is InChI=1S/C38H43N3O5S/c1-28-19-21-35(22-20-28)47(44,45)41(33-17-10-18-34(25-33)46-3)27-37(42)40(26-31-14-9-11-29(2)23-31)36(24-30-12-5-4-6-13-30)38(43)39-32-15-7-8-16-32/h4-6,9-14,17-23,25,32,36H,7-8,15-16,24,26-27H2,1-3H3,(H,39,43)/t36-/m0/s1. The second kappa shape index (κ2) is 15.3. The van der Waals surface area contributed by atoms with Crippen molar-refractivity contribution >= 4 is 27.5 Å². The number of ether oxygens (including phenoxy) is 1. The number of carbonyl (C=O) groups excluding carboxylic acids is 2. The molecular weight excluding hydrogens is 611 g/mol. The molecule has 1 fully saturated rings. The minimum absolute atomic E-state index is 0.0480. The summed E-state index contributed by atoms with van der Waals surface area (Å²) in [6.07, 6.45) is 4.17. The van der Waals surface area contributed by atoms with E-state index in [2.05, 4.69) is 5.32 Å². The number of benzene rings is 4. The van der Waals surface area contributed by atoms with Gasteiger partial charge in [0.15, 0.2) is 0 Å². The fourth-order valence-corrected chi connectivity index (χ4v) is 7.47. The van der Waals surface area contributed by atoms with Crippen LogP contribution in [0, 0.1) is 13.8 Å². The molecule has 9 heteroatoms. The Morgan fingerprint density at radius 1 is 0.830 bits per heavy atom. The highest BCUT2D eigenvalue weighted by Crippen LogP contribution is 2.28. The molecule has 0 unspecified atom stereocenters. The highest BCUT2D eigenvalue weighted by atomic mass is 32.2. The Labute approximate surface area is 278 Å². The monoisotopic (exact) mass is 653 g/mol. The third-order valence-corrected chi connectivity index (χ3v) is 10.4. The van der Waals surface area contributed by atoms with Crippen molar-refractivity contribution in [2.45, 2.75) is 69.5 Å². The number of methoxy groups -OCH3 is 1. The lowest BCUT2D eigenvalue weighted by Gasteiger charge is -2.34. The van der Waals surface area contributed by atoms with Crippen molar-refractivity contribution in [1.29, 1.82) is 0 Å². The van der Waals surface area contributed by atoms with Crippen molar-refractivity contribution in [1.82, 2.24) is 10.2 Å². The predicted molar refractivity (Wildman–Crippen MR) is 185 cm³/mol. The van der Waals surface area contributed by atoms with Gasteiger partial charge in [-0.3, -0.25) is 13.9 Å². The quantitative estimate of drug-likeness (QED) is 0.185. The van der Waals surface area contributed by atoms with Gasteiger partial charge in [-0.15, -0.1) is 0 Å². The molecule has 246 valence electrons. The lowest BCUT2D eigenvalue weighted by molar-refractivity contribution is -0.140. The summed E-state index contributed by atoms with van der Waals surface area (Å²) >= 11 is 0. The molecule has 0 bridgehead atoms. The molecule has 47 heavy (non-hydrogen) atoms. The first-order chi connectivity index (χ1) is 22.6. The predicted octanol–water partition coefficient (Wildman–Crippen LogP) is 6.21. The van der Waals surface area contributed by atoms with E-state index in [9.17, 15) is 18.0 Å². The topological polar surface area (TPSA) is 96.0 Å². The molecule has 0 aliphatic heterocycles. The van der Waals surface area contributed by atoms with E-state index in [1.807, 2.05) is 68.4 Å². The molecular formula is C38H43N3O5S. The molecule has 1 saturated carbocycles. The maximum Gasteiger partial charge on any atom is 0.264 e. The van der Waals surface area contributed by atoms with Crippen molar-refractivity contribution in [3.63, 3.8) is 0 Å². The average molecular weight is 654 g/mol. The van der Waals surface area contributed by atoms with Crippen LogP contribution in [0.2, 0.25) is 0 Å². The molecule has 0 heterocycles. The smallest absolute Gasteiger partial charge is 0.264 e. The summed E-state index contributed by atoms with van der Waals surface area (Å²) in [6.45, 7) is 3.47. The van der Waals surface area contributed by atoms with Gasteiger partial charge in [0.2, 0.25) is 11.8 Å². The van der Waals surface area contributed by atoms with E-state index in [0.29, 0.717) is 5.75 Å². The Morgan fingerprint density at radius 2 is 1.51 bits per heavy atom. The van der Waals surface area contributed by atoms with Gasteiger partial charge in [0.25, 0.3) is 10.0 Å². The van der Waals surface area contributed by atoms with Crippen LogP contribution in [0.25, 0.3) is 0 Å². The molecule has 4 aromatic rings. The number of hydrogen-bond acceptors (Lipinski definition) is 5. The Kier molecular flexibility index (Phi) is 11.0. The number of amides is 2. The summed E-state index contributed by atoms with van der Waals surface area (Å²) in [6, 6.07) is 29.8. The van der Waals surface area contributed by atoms with Crippen LogP contribution in [-0.2, 0) is 32.6 Å². The molecule has 0 spiro atoms. The molecule has 1 atom stereocenters. The van der Waals surface area contributed by atoms with Crippen molar-refractivity contribution in [2.24, 2.45) is 0 Å². The van der Waals surface area contributed by atoms with Gasteiger partial charge in [-0.2, -0.15) is 0 Å². The van der Waals surface area contributed by atoms with Crippen molar-refractivity contribution in [2.75, 3.05) is 18.0 Å². The van der Waals surface area contributed by atoms with Crippen molar-refractivity contribution in [3.8, 4) is 5.75 Å². The second-order valence-electron chi connectivity index (χ2n) is 12.2. The van der Waals surface area contributed by atoms with Crippen LogP contribution in [-0.4, -0.2) is 50.9 Å². The van der Waals surface area contributed by atoms with Crippen LogP contribution >= 0.6 is 0 Å². The molecule has 0 aromatic heterocycles. The number of nitrogens with one attached hydrogen (secondary N) is 1. The Hall–Kier alpha value is -4.63. The van der Waals surface area contributed by atoms with Crippen molar-refractivity contribution in [3.05, 3.63) is 125 Å². The number of anilines is 1. The maximum absolute atomic E-state index is 14.7. The van der Waals surface area contributed by atoms with E-state index in [1.54, 1.807) is 53.4 Å². The number of carbonyl (C=O) groups is 2. The van der Waals surface area contributed by atoms with Gasteiger partial charge < -0.3 is 15.0 Å². The fourth-order valence-electron chi connectivity index (χ4n) is 6.06. The summed E-state index contributed by atoms with van der Waals surface area (Å²) in [7, 11) is -2.69. The number of sulfonamides is 1. The van der Waals surface area contributed by atoms with E-state index in [-0.39, 0.29) is 35.5 Å². The zero-order valence-electron chi connectivity index (χ0n) is 27.3. The summed E-state index contributed by atoms with van der Waals surface area (Å²) in [4.78, 5) is 30.4. The first-order valence-corrected chi connectivity index (χ1v) is 17.5. The van der Waals surface area contributed by atoms with Gasteiger partial charge in [-0.05, 0) is 62.1 Å². The van der Waals surface area contributed by atoms with Crippen molar-refractivity contribution < 1.29 is 22.7 Å². The molecule has 0 radical (unpaired) electrons. The van der Waals surface area contributed by atoms with E-state index in [4.69, 9.17) is 4.74 Å². The molecule has 1 N–H and O–H groups in total. The van der Waals surface area contributed by atoms with E-state index in [0.717, 1.165) is 52.2 Å². The van der Waals surface area contributed by atoms with Gasteiger partial charge in [0.05, 0.1) is 17.7 Å². The Bertz CT molecular complexity index is 1770. The summed E-state index contributed by atoms with van der Waals surface area (Å²) in [5, 5.41) is 3.21. The molecule has 1 aliphatic rings. The number of aryl methyl sites for hydroxylation is 2. The molecule has 5 rings (SSSR count).